The summed E-state index contributed by atoms with van der Waals surface area (Å²) >= 11 is 53.0. The Balaban J connectivity index is -0.0000000889. The van der Waals surface area contributed by atoms with E-state index in [-0.39, 0.29) is 47.4 Å². The number of halogens is 2. The number of unbranched alkanes of at least 4 members (excludes halogenated alkanes) is 2. The van der Waals surface area contributed by atoms with Gasteiger partial charge in [0, 0.05) is 49.9 Å². The van der Waals surface area contributed by atoms with Gasteiger partial charge in [0.25, 0.3) is 0 Å². The van der Waals surface area contributed by atoms with Crippen molar-refractivity contribution in [3.8, 4) is 0 Å². The summed E-state index contributed by atoms with van der Waals surface area (Å²) in [5, 5.41) is 15.4. The number of esters is 2. The number of carbonyl (C=O) groups excluding carboxylic acids is 3. The number of carboxylic acid groups (broad SMARTS) is 1. The van der Waals surface area contributed by atoms with Crippen LogP contribution < -0.4 is 0 Å². The number of aliphatic hydroxyl groups is 1. The summed E-state index contributed by atoms with van der Waals surface area (Å²) in [6.45, 7) is 17.8. The minimum atomic E-state index is -0.881. The molecule has 0 aromatic heterocycles. The highest BCUT2D eigenvalue weighted by Gasteiger charge is 2.08. The summed E-state index contributed by atoms with van der Waals surface area (Å²) in [6, 6.07) is 23.6. The Bertz CT molecular complexity index is 1550. The molecule has 0 fully saturated rings. The Morgan fingerprint density at radius 3 is 1.20 bits per heavy atom. The molecular formula is C58H108BrFO10S13. The zero-order chi connectivity index (χ0) is 66.3. The molecule has 0 aliphatic carbocycles. The van der Waals surface area contributed by atoms with Crippen molar-refractivity contribution in [1.82, 2.24) is 0 Å². The van der Waals surface area contributed by atoms with Crippen molar-refractivity contribution in [2.24, 2.45) is 11.8 Å². The zero-order valence-corrected chi connectivity index (χ0v) is 64.1. The van der Waals surface area contributed by atoms with Crippen LogP contribution in [0.15, 0.2) is 98.0 Å². The molecule has 2 unspecified atom stereocenters. The van der Waals surface area contributed by atoms with E-state index in [1.165, 1.54) is 57.1 Å². The SMILES string of the molecule is CCC(=O)CS.CCCCC(CC)COC(=O)CS.CCCCC(CC)CS.CCCS.CCOC(=O)CS.COCCOCCS.CS.CS.Fc1ccc(S)cc1.O=C(O)CS.OCCS.Sc1ccc(Br)cc1.Sc1ccccc1. The lowest BCUT2D eigenvalue weighted by Crippen LogP contribution is -2.14. The van der Waals surface area contributed by atoms with Crippen LogP contribution in [-0.4, -0.2) is 139 Å². The molecule has 3 rings (SSSR count). The molecule has 0 saturated carbocycles. The van der Waals surface area contributed by atoms with E-state index in [4.69, 9.17) is 24.4 Å². The molecule has 0 bridgehead atoms. The van der Waals surface area contributed by atoms with Gasteiger partial charge in [-0.1, -0.05) is 114 Å². The standard InChI is InChI=1S/C10H20O2S.C8H18S.C6H5BrS.C6H5FS.C6H6S.C5H12O2S.C4H8O2S.C4H8OS.C3H8S.C2H4O2S.C2H6OS.2CH4S/c1-3-5-6-9(4-2)7-12-10(11)8-13;1-3-5-6-8(4-2)7-9;2*7-5-1-3-6(8)4-2-5;7-6-4-2-1-3-5-6;1-6-2-3-7-4-5-8;1-2-6-4(5)3-7;1-2-4(5)3-6;1-2-3-4;3-2(4)1-5;3-1-2-4;2*1-2/h9,13H,3-8H2,1-2H3;8-9H,3-7H2,1-2H3;2*1-4,8H;1-5,7H;8H,2-5H2,1H3;7H,2-3H2,1H3;6H,2-3H2,1H3;4H,2-3H2,1H3;5H,1H2,(H,3,4);3-4H,1-2H2;2*2H,1H3. The predicted octanol–water partition coefficient (Wildman–Crippen LogP) is 16.9. The maximum absolute atomic E-state index is 12.1. The highest BCUT2D eigenvalue weighted by molar-refractivity contribution is 9.10. The lowest BCUT2D eigenvalue weighted by molar-refractivity contribution is -0.142. The van der Waals surface area contributed by atoms with E-state index >= 15 is 0 Å². The van der Waals surface area contributed by atoms with Gasteiger partial charge in [0.15, 0.2) is 0 Å². The average Bonchev–Trinajstić information content (AvgIpc) is 3.52. The molecule has 83 heavy (non-hydrogen) atoms. The number of ether oxygens (including phenoxy) is 4. The van der Waals surface area contributed by atoms with Gasteiger partial charge in [-0.3, -0.25) is 19.2 Å². The summed E-state index contributed by atoms with van der Waals surface area (Å²) in [7, 11) is 1.66. The molecule has 25 heteroatoms. The third-order valence-electron chi connectivity index (χ3n) is 8.49. The van der Waals surface area contributed by atoms with Crippen molar-refractivity contribution >= 4 is 204 Å². The van der Waals surface area contributed by atoms with E-state index in [9.17, 15) is 23.6 Å². The molecule has 0 saturated heterocycles. The van der Waals surface area contributed by atoms with Gasteiger partial charge in [-0.15, -0.1) is 37.9 Å². The topological polar surface area (TPSA) is 146 Å². The van der Waals surface area contributed by atoms with Gasteiger partial charge >= 0.3 is 17.9 Å². The number of aliphatic hydroxyl groups excluding tert-OH is 1. The van der Waals surface area contributed by atoms with Gasteiger partial charge in [0.1, 0.15) is 11.6 Å². The summed E-state index contributed by atoms with van der Waals surface area (Å²) in [6.07, 6.45) is 15.2. The van der Waals surface area contributed by atoms with Crippen molar-refractivity contribution < 1.29 is 52.7 Å². The lowest BCUT2D eigenvalue weighted by atomic mass is 10.0. The minimum Gasteiger partial charge on any atom is -0.481 e. The second-order valence-corrected chi connectivity index (χ2v) is 20.6. The van der Waals surface area contributed by atoms with Gasteiger partial charge in [0.2, 0.25) is 0 Å². The number of hydrogen-bond acceptors (Lipinski definition) is 22. The van der Waals surface area contributed by atoms with Gasteiger partial charge in [0.05, 0.1) is 56.9 Å². The van der Waals surface area contributed by atoms with E-state index in [1.807, 2.05) is 61.5 Å². The Morgan fingerprint density at radius 2 is 0.964 bits per heavy atom. The maximum atomic E-state index is 12.1. The van der Waals surface area contributed by atoms with E-state index < -0.39 is 5.97 Å². The highest BCUT2D eigenvalue weighted by atomic mass is 79.9. The molecule has 10 nitrogen and oxygen atoms in total. The zero-order valence-electron chi connectivity index (χ0n) is 50.9. The van der Waals surface area contributed by atoms with Crippen molar-refractivity contribution in [3.63, 3.8) is 0 Å². The van der Waals surface area contributed by atoms with Gasteiger partial charge in [-0.25, -0.2) is 4.39 Å². The number of rotatable bonds is 24. The van der Waals surface area contributed by atoms with Crippen LogP contribution in [0.25, 0.3) is 0 Å². The molecule has 492 valence electrons. The average molecular weight is 1480 g/mol. The number of aliphatic carboxylic acids is 1. The molecule has 0 aliphatic rings. The number of thiol groups is 13. The van der Waals surface area contributed by atoms with E-state index in [1.54, 1.807) is 38.7 Å². The van der Waals surface area contributed by atoms with Crippen LogP contribution in [-0.2, 0) is 38.1 Å². The maximum Gasteiger partial charge on any atom is 0.315 e. The first-order chi connectivity index (χ1) is 39.7. The smallest absolute Gasteiger partial charge is 0.315 e. The summed E-state index contributed by atoms with van der Waals surface area (Å²) in [4.78, 5) is 43.1. The number of ketones is 1. The number of benzene rings is 3. The normalized spacial score (nSPS) is 9.52. The van der Waals surface area contributed by atoms with Crippen LogP contribution in [0.3, 0.4) is 0 Å². The fourth-order valence-electron chi connectivity index (χ4n) is 4.01. The molecule has 0 spiro atoms. The second kappa shape index (κ2) is 98.8. The van der Waals surface area contributed by atoms with Crippen LogP contribution >= 0.6 is 180 Å². The van der Waals surface area contributed by atoms with Crippen molar-refractivity contribution in [3.05, 3.63) is 89.2 Å². The number of methoxy groups -OCH3 is 1. The third-order valence-corrected chi connectivity index (χ3v) is 12.4. The quantitative estimate of drug-likeness (QED) is 0.0238. The van der Waals surface area contributed by atoms with Crippen LogP contribution in [0.5, 0.6) is 0 Å². The lowest BCUT2D eigenvalue weighted by Gasteiger charge is -2.13. The molecule has 3 aromatic carbocycles. The number of hydrogen-bond donors (Lipinski definition) is 15. The van der Waals surface area contributed by atoms with E-state index in [0.29, 0.717) is 56.9 Å². The Labute approximate surface area is 584 Å². The second-order valence-electron chi connectivity index (χ2n) is 15.2. The van der Waals surface area contributed by atoms with Gasteiger partial charge < -0.3 is 29.2 Å². The first kappa shape index (κ1) is 105. The predicted molar refractivity (Wildman–Crippen MR) is 407 cm³/mol. The molecular weight excluding hydrogens is 1370 g/mol. The van der Waals surface area contributed by atoms with Crippen molar-refractivity contribution in [2.45, 2.75) is 127 Å². The molecule has 3 aromatic rings. The van der Waals surface area contributed by atoms with Gasteiger partial charge in [-0.2, -0.15) is 126 Å². The fourth-order valence-corrected chi connectivity index (χ4v) is 5.72. The fraction of sp³-hybridized carbons (Fsp3) is 0.621. The van der Waals surface area contributed by atoms with Crippen molar-refractivity contribution in [1.29, 1.82) is 0 Å². The number of carboxylic acids is 1. The molecule has 0 heterocycles. The van der Waals surface area contributed by atoms with Crippen LogP contribution in [0, 0.1) is 17.7 Å². The van der Waals surface area contributed by atoms with Gasteiger partial charge in [-0.05, 0) is 123 Å². The number of Topliss-reactive ketones (excluding diaryl/α,β-unsaturated/α-hetero) is 1. The molecule has 0 aliphatic heterocycles. The monoisotopic (exact) mass is 1480 g/mol. The van der Waals surface area contributed by atoms with E-state index in [2.05, 4.69) is 219 Å². The first-order valence-corrected chi connectivity index (χ1v) is 35.8. The minimum absolute atomic E-state index is 0.0833. The summed E-state index contributed by atoms with van der Waals surface area (Å²) < 4.78 is 32.4. The third kappa shape index (κ3) is 117. The Hall–Kier alpha value is 0.580. The number of carbonyl (C=O) groups is 4. The summed E-state index contributed by atoms with van der Waals surface area (Å²) in [5.74, 6) is 4.13. The van der Waals surface area contributed by atoms with Crippen molar-refractivity contribution in [2.75, 3.05) is 105 Å². The van der Waals surface area contributed by atoms with E-state index in [0.717, 1.165) is 55.2 Å². The van der Waals surface area contributed by atoms with Crippen LogP contribution in [0.1, 0.15) is 113 Å². The molecule has 0 radical (unpaired) electrons. The highest BCUT2D eigenvalue weighted by Crippen LogP contribution is 2.14. The molecule has 2 N–H and O–H groups in total. The largest absolute Gasteiger partial charge is 0.481 e. The molecule has 0 amide bonds. The van der Waals surface area contributed by atoms with Crippen LogP contribution in [0.2, 0.25) is 0 Å². The van der Waals surface area contributed by atoms with Crippen LogP contribution in [0.4, 0.5) is 4.39 Å². The first-order valence-electron chi connectivity index (χ1n) is 26.8. The summed E-state index contributed by atoms with van der Waals surface area (Å²) in [5.41, 5.74) is 0. The Kier molecular flexibility index (Phi) is 125. The molecule has 2 atom stereocenters. The Morgan fingerprint density at radius 1 is 0.554 bits per heavy atom.